The van der Waals surface area contributed by atoms with E-state index in [2.05, 4.69) is 50.4 Å². The van der Waals surface area contributed by atoms with Crippen molar-refractivity contribution >= 4 is 11.8 Å². The summed E-state index contributed by atoms with van der Waals surface area (Å²) in [5.74, 6) is 0.232. The quantitative estimate of drug-likeness (QED) is 0.932. The first-order valence-electron chi connectivity index (χ1n) is 8.40. The van der Waals surface area contributed by atoms with E-state index in [1.807, 2.05) is 4.90 Å². The minimum absolute atomic E-state index is 0.0273. The van der Waals surface area contributed by atoms with E-state index in [-0.39, 0.29) is 23.1 Å². The zero-order valence-corrected chi connectivity index (χ0v) is 14.7. The van der Waals surface area contributed by atoms with Crippen LogP contribution < -0.4 is 5.32 Å². The third kappa shape index (κ3) is 4.81. The zero-order chi connectivity index (χ0) is 17.0. The van der Waals surface area contributed by atoms with Crippen LogP contribution in [0.1, 0.15) is 51.7 Å². The van der Waals surface area contributed by atoms with Gasteiger partial charge < -0.3 is 10.2 Å². The number of carbonyl (C=O) groups excluding carboxylic acids is 2. The number of rotatable bonds is 3. The molecule has 0 unspecified atom stereocenters. The molecule has 2 rings (SSSR count). The fraction of sp³-hybridized carbons (Fsp3) is 0.579. The molecule has 1 fully saturated rings. The summed E-state index contributed by atoms with van der Waals surface area (Å²) in [5.41, 5.74) is 2.56. The van der Waals surface area contributed by atoms with Gasteiger partial charge >= 0.3 is 0 Å². The van der Waals surface area contributed by atoms with E-state index in [9.17, 15) is 9.59 Å². The lowest BCUT2D eigenvalue weighted by Gasteiger charge is -2.30. The highest BCUT2D eigenvalue weighted by Crippen LogP contribution is 2.22. The van der Waals surface area contributed by atoms with Crippen LogP contribution in [0.4, 0.5) is 0 Å². The Morgan fingerprint density at radius 1 is 1.13 bits per heavy atom. The Kier molecular flexibility index (Phi) is 5.45. The number of carbonyl (C=O) groups is 2. The molecule has 126 valence electrons. The summed E-state index contributed by atoms with van der Waals surface area (Å²) in [6.07, 6.45) is 1.52. The van der Waals surface area contributed by atoms with Crippen LogP contribution in [-0.2, 0) is 21.5 Å². The monoisotopic (exact) mass is 316 g/mol. The number of amides is 2. The third-order valence-corrected chi connectivity index (χ3v) is 4.60. The standard InChI is InChI=1S/C19H28N2O2/c1-14(22)21-11-9-16(10-12-21)18(23)20-13-15-5-7-17(8-6-15)19(2,3)4/h5-8,16H,9-13H2,1-4H3,(H,20,23). The molecule has 4 nitrogen and oxygen atoms in total. The van der Waals surface area contributed by atoms with Gasteiger partial charge in [0.15, 0.2) is 0 Å². The highest BCUT2D eigenvalue weighted by molar-refractivity contribution is 5.79. The number of likely N-dealkylation sites (tertiary alicyclic amines) is 1. The zero-order valence-electron chi connectivity index (χ0n) is 14.7. The first-order valence-corrected chi connectivity index (χ1v) is 8.40. The van der Waals surface area contributed by atoms with Crippen LogP contribution in [0.15, 0.2) is 24.3 Å². The van der Waals surface area contributed by atoms with Crippen LogP contribution in [0.25, 0.3) is 0 Å². The van der Waals surface area contributed by atoms with Gasteiger partial charge in [0.05, 0.1) is 0 Å². The molecule has 0 aromatic heterocycles. The van der Waals surface area contributed by atoms with Crippen molar-refractivity contribution in [3.05, 3.63) is 35.4 Å². The van der Waals surface area contributed by atoms with E-state index in [0.717, 1.165) is 18.4 Å². The Hall–Kier alpha value is -1.84. The van der Waals surface area contributed by atoms with E-state index < -0.39 is 0 Å². The van der Waals surface area contributed by atoms with Crippen molar-refractivity contribution in [1.82, 2.24) is 10.2 Å². The predicted octanol–water partition coefficient (Wildman–Crippen LogP) is 2.86. The van der Waals surface area contributed by atoms with E-state index in [0.29, 0.717) is 19.6 Å². The van der Waals surface area contributed by atoms with Crippen LogP contribution >= 0.6 is 0 Å². The van der Waals surface area contributed by atoms with Crippen LogP contribution in [0.2, 0.25) is 0 Å². The maximum atomic E-state index is 12.3. The molecule has 1 aliphatic heterocycles. The molecule has 1 aromatic carbocycles. The normalized spacial score (nSPS) is 16.3. The third-order valence-electron chi connectivity index (χ3n) is 4.60. The lowest BCUT2D eigenvalue weighted by atomic mass is 9.87. The van der Waals surface area contributed by atoms with Crippen molar-refractivity contribution in [1.29, 1.82) is 0 Å². The van der Waals surface area contributed by atoms with Gasteiger partial charge in [0, 0.05) is 32.5 Å². The minimum atomic E-state index is 0.0273. The Bertz CT molecular complexity index is 550. The molecule has 1 N–H and O–H groups in total. The Morgan fingerprint density at radius 2 is 1.70 bits per heavy atom. The fourth-order valence-corrected chi connectivity index (χ4v) is 2.91. The van der Waals surface area contributed by atoms with Crippen molar-refractivity contribution in [2.75, 3.05) is 13.1 Å². The van der Waals surface area contributed by atoms with E-state index >= 15 is 0 Å². The summed E-state index contributed by atoms with van der Waals surface area (Å²) < 4.78 is 0. The maximum absolute atomic E-state index is 12.3. The topological polar surface area (TPSA) is 49.4 Å². The summed E-state index contributed by atoms with van der Waals surface area (Å²) >= 11 is 0. The summed E-state index contributed by atoms with van der Waals surface area (Å²) in [4.78, 5) is 25.4. The number of piperidine rings is 1. The molecule has 1 saturated heterocycles. The second-order valence-corrected chi connectivity index (χ2v) is 7.45. The van der Waals surface area contributed by atoms with Gasteiger partial charge in [-0.05, 0) is 29.4 Å². The Morgan fingerprint density at radius 3 is 2.17 bits per heavy atom. The van der Waals surface area contributed by atoms with Crippen molar-refractivity contribution in [2.45, 2.75) is 52.5 Å². The predicted molar refractivity (Wildman–Crippen MR) is 92.0 cm³/mol. The Labute approximate surface area is 139 Å². The lowest BCUT2D eigenvalue weighted by Crippen LogP contribution is -2.42. The summed E-state index contributed by atoms with van der Waals surface area (Å²) in [6, 6.07) is 8.43. The van der Waals surface area contributed by atoms with Gasteiger partial charge in [-0.1, -0.05) is 45.0 Å². The van der Waals surface area contributed by atoms with E-state index in [1.54, 1.807) is 6.92 Å². The Balaban J connectivity index is 1.82. The second-order valence-electron chi connectivity index (χ2n) is 7.45. The molecule has 0 atom stereocenters. The summed E-state index contributed by atoms with van der Waals surface area (Å²) in [5, 5.41) is 3.03. The van der Waals surface area contributed by atoms with Crippen LogP contribution in [0.3, 0.4) is 0 Å². The van der Waals surface area contributed by atoms with Crippen LogP contribution in [-0.4, -0.2) is 29.8 Å². The molecule has 1 aromatic rings. The van der Waals surface area contributed by atoms with Crippen molar-refractivity contribution in [3.63, 3.8) is 0 Å². The van der Waals surface area contributed by atoms with Gasteiger partial charge in [-0.15, -0.1) is 0 Å². The van der Waals surface area contributed by atoms with Crippen LogP contribution in [0.5, 0.6) is 0 Å². The minimum Gasteiger partial charge on any atom is -0.352 e. The van der Waals surface area contributed by atoms with Crippen LogP contribution in [0, 0.1) is 5.92 Å². The largest absolute Gasteiger partial charge is 0.352 e. The molecule has 23 heavy (non-hydrogen) atoms. The second kappa shape index (κ2) is 7.16. The number of benzene rings is 1. The van der Waals surface area contributed by atoms with Gasteiger partial charge in [-0.2, -0.15) is 0 Å². The first-order chi connectivity index (χ1) is 10.8. The number of nitrogens with one attached hydrogen (secondary N) is 1. The van der Waals surface area contributed by atoms with Gasteiger partial charge in [-0.25, -0.2) is 0 Å². The molecule has 0 spiro atoms. The van der Waals surface area contributed by atoms with Gasteiger partial charge in [0.2, 0.25) is 11.8 Å². The molecule has 1 aliphatic rings. The number of hydrogen-bond donors (Lipinski definition) is 1. The molecule has 0 bridgehead atoms. The molecule has 0 aliphatic carbocycles. The molecular formula is C19H28N2O2. The van der Waals surface area contributed by atoms with Gasteiger partial charge in [0.1, 0.15) is 0 Å². The average molecular weight is 316 g/mol. The van der Waals surface area contributed by atoms with E-state index in [4.69, 9.17) is 0 Å². The molecule has 0 radical (unpaired) electrons. The number of nitrogens with zero attached hydrogens (tertiary/aromatic N) is 1. The molecule has 4 heteroatoms. The summed E-state index contributed by atoms with van der Waals surface area (Å²) in [6.45, 7) is 10.1. The average Bonchev–Trinajstić information content (AvgIpc) is 2.52. The van der Waals surface area contributed by atoms with Crippen molar-refractivity contribution in [3.8, 4) is 0 Å². The molecule has 1 heterocycles. The van der Waals surface area contributed by atoms with Crippen molar-refractivity contribution in [2.24, 2.45) is 5.92 Å². The molecular weight excluding hydrogens is 288 g/mol. The molecule has 0 saturated carbocycles. The summed E-state index contributed by atoms with van der Waals surface area (Å²) in [7, 11) is 0. The lowest BCUT2D eigenvalue weighted by molar-refractivity contribution is -0.134. The molecule has 2 amide bonds. The van der Waals surface area contributed by atoms with Gasteiger partial charge in [-0.3, -0.25) is 9.59 Å². The fourth-order valence-electron chi connectivity index (χ4n) is 2.91. The van der Waals surface area contributed by atoms with Crippen molar-refractivity contribution < 1.29 is 9.59 Å². The highest BCUT2D eigenvalue weighted by atomic mass is 16.2. The SMILES string of the molecule is CC(=O)N1CCC(C(=O)NCc2ccc(C(C)(C)C)cc2)CC1. The smallest absolute Gasteiger partial charge is 0.223 e. The van der Waals surface area contributed by atoms with Gasteiger partial charge in [0.25, 0.3) is 0 Å². The highest BCUT2D eigenvalue weighted by Gasteiger charge is 2.25. The van der Waals surface area contributed by atoms with E-state index in [1.165, 1.54) is 5.56 Å². The number of hydrogen-bond acceptors (Lipinski definition) is 2. The maximum Gasteiger partial charge on any atom is 0.223 e. The first kappa shape index (κ1) is 17.5.